The molecule has 0 radical (unpaired) electrons. The molecule has 0 bridgehead atoms. The fraction of sp³-hybridized carbons (Fsp3) is 0.250. The summed E-state index contributed by atoms with van der Waals surface area (Å²) < 4.78 is 13.3. The van der Waals surface area contributed by atoms with Gasteiger partial charge in [0, 0.05) is 18.5 Å². The largest absolute Gasteiger partial charge is 0.352 e. The minimum Gasteiger partial charge on any atom is -0.352 e. The van der Waals surface area contributed by atoms with Gasteiger partial charge in [0.15, 0.2) is 0 Å². The van der Waals surface area contributed by atoms with Crippen LogP contribution in [-0.4, -0.2) is 17.7 Å². The van der Waals surface area contributed by atoms with E-state index in [2.05, 4.69) is 16.2 Å². The van der Waals surface area contributed by atoms with Gasteiger partial charge in [0.1, 0.15) is 11.7 Å². The molecule has 3 amide bonds. The van der Waals surface area contributed by atoms with Crippen LogP contribution in [0.5, 0.6) is 0 Å². The van der Waals surface area contributed by atoms with Crippen LogP contribution in [0.25, 0.3) is 0 Å². The van der Waals surface area contributed by atoms with Crippen LogP contribution in [0.4, 0.5) is 4.39 Å². The van der Waals surface area contributed by atoms with E-state index in [1.165, 1.54) is 6.07 Å². The number of nitrogens with one attached hydrogen (secondary N) is 3. The highest BCUT2D eigenvalue weighted by Gasteiger charge is 2.34. The minimum absolute atomic E-state index is 0.0153. The number of halogens is 1. The second kappa shape index (κ2) is 5.47. The Kier molecular flexibility index (Phi) is 3.74. The summed E-state index contributed by atoms with van der Waals surface area (Å²) in [6.45, 7) is 0.0153. The van der Waals surface area contributed by atoms with Crippen LogP contribution in [0.15, 0.2) is 24.3 Å². The van der Waals surface area contributed by atoms with E-state index < -0.39 is 29.5 Å². The van der Waals surface area contributed by atoms with Crippen LogP contribution in [0.1, 0.15) is 12.0 Å². The van der Waals surface area contributed by atoms with Gasteiger partial charge >= 0.3 is 0 Å². The maximum atomic E-state index is 13.3. The van der Waals surface area contributed by atoms with E-state index in [1.807, 2.05) is 0 Å². The van der Waals surface area contributed by atoms with Crippen LogP contribution in [0, 0.1) is 11.7 Å². The van der Waals surface area contributed by atoms with Crippen LogP contribution in [0.3, 0.4) is 0 Å². The zero-order valence-electron chi connectivity index (χ0n) is 9.90. The molecule has 100 valence electrons. The van der Waals surface area contributed by atoms with Gasteiger partial charge in [-0.2, -0.15) is 0 Å². The summed E-state index contributed by atoms with van der Waals surface area (Å²) in [6, 6.07) is 6.04. The molecule has 0 aliphatic carbocycles. The standard InChI is InChI=1S/C12H12FN3O3/c13-9-4-2-1-3-7(9)6-14-10(17)5-8-11(18)15-16-12(8)19/h1-4,8H,5-6H2,(H,14,17)(H,15,18)(H,16,19). The summed E-state index contributed by atoms with van der Waals surface area (Å²) in [7, 11) is 0. The summed E-state index contributed by atoms with van der Waals surface area (Å²) in [5, 5.41) is 2.47. The Morgan fingerprint density at radius 3 is 2.47 bits per heavy atom. The molecule has 0 aromatic heterocycles. The zero-order valence-corrected chi connectivity index (χ0v) is 9.90. The molecule has 1 saturated heterocycles. The molecule has 0 unspecified atom stereocenters. The number of benzene rings is 1. The smallest absolute Gasteiger partial charge is 0.251 e. The van der Waals surface area contributed by atoms with Gasteiger partial charge in [0.25, 0.3) is 11.8 Å². The highest BCUT2D eigenvalue weighted by atomic mass is 19.1. The van der Waals surface area contributed by atoms with Crippen LogP contribution in [-0.2, 0) is 20.9 Å². The van der Waals surface area contributed by atoms with E-state index in [9.17, 15) is 18.8 Å². The lowest BCUT2D eigenvalue weighted by Gasteiger charge is -2.07. The monoisotopic (exact) mass is 265 g/mol. The summed E-state index contributed by atoms with van der Waals surface area (Å²) in [5.41, 5.74) is 4.60. The third kappa shape index (κ3) is 3.06. The molecule has 1 aromatic rings. The van der Waals surface area contributed by atoms with Gasteiger partial charge in [-0.05, 0) is 6.07 Å². The van der Waals surface area contributed by atoms with Crippen LogP contribution >= 0.6 is 0 Å². The van der Waals surface area contributed by atoms with Gasteiger partial charge in [-0.25, -0.2) is 4.39 Å². The molecule has 3 N–H and O–H groups in total. The van der Waals surface area contributed by atoms with Gasteiger partial charge in [-0.15, -0.1) is 0 Å². The Balaban J connectivity index is 1.87. The molecule has 1 aromatic carbocycles. The number of amides is 3. The fourth-order valence-corrected chi connectivity index (χ4v) is 1.70. The van der Waals surface area contributed by atoms with E-state index in [4.69, 9.17) is 0 Å². The van der Waals surface area contributed by atoms with Gasteiger partial charge < -0.3 is 5.32 Å². The maximum absolute atomic E-state index is 13.3. The molecule has 1 aliphatic heterocycles. The minimum atomic E-state index is -1.03. The van der Waals surface area contributed by atoms with Crippen molar-refractivity contribution in [1.82, 2.24) is 16.2 Å². The van der Waals surface area contributed by atoms with E-state index in [1.54, 1.807) is 18.2 Å². The Bertz CT molecular complexity index is 517. The third-order valence-corrected chi connectivity index (χ3v) is 2.77. The zero-order chi connectivity index (χ0) is 13.8. The first-order valence-electron chi connectivity index (χ1n) is 5.67. The lowest BCUT2D eigenvalue weighted by Crippen LogP contribution is -2.30. The number of carbonyl (C=O) groups is 3. The van der Waals surface area contributed by atoms with Gasteiger partial charge in [-0.1, -0.05) is 18.2 Å². The lowest BCUT2D eigenvalue weighted by molar-refractivity contribution is -0.133. The second-order valence-electron chi connectivity index (χ2n) is 4.10. The molecule has 19 heavy (non-hydrogen) atoms. The third-order valence-electron chi connectivity index (χ3n) is 2.77. The lowest BCUT2D eigenvalue weighted by atomic mass is 10.1. The number of hydrogen-bond acceptors (Lipinski definition) is 3. The number of hydrazine groups is 1. The Hall–Kier alpha value is -2.44. The molecule has 1 fully saturated rings. The molecule has 1 heterocycles. The van der Waals surface area contributed by atoms with E-state index in [0.717, 1.165) is 0 Å². The molecule has 0 atom stereocenters. The molecule has 6 nitrogen and oxygen atoms in total. The molecule has 0 spiro atoms. The molecular weight excluding hydrogens is 253 g/mol. The van der Waals surface area contributed by atoms with Crippen molar-refractivity contribution in [3.63, 3.8) is 0 Å². The van der Waals surface area contributed by atoms with Crippen molar-refractivity contribution < 1.29 is 18.8 Å². The Morgan fingerprint density at radius 1 is 1.21 bits per heavy atom. The maximum Gasteiger partial charge on any atom is 0.251 e. The van der Waals surface area contributed by atoms with Crippen molar-refractivity contribution in [2.24, 2.45) is 5.92 Å². The van der Waals surface area contributed by atoms with E-state index >= 15 is 0 Å². The molecule has 1 aliphatic rings. The second-order valence-corrected chi connectivity index (χ2v) is 4.10. The van der Waals surface area contributed by atoms with Crippen molar-refractivity contribution in [2.45, 2.75) is 13.0 Å². The van der Waals surface area contributed by atoms with Crippen molar-refractivity contribution in [1.29, 1.82) is 0 Å². The van der Waals surface area contributed by atoms with Gasteiger partial charge in [-0.3, -0.25) is 25.2 Å². The first-order valence-corrected chi connectivity index (χ1v) is 5.67. The van der Waals surface area contributed by atoms with Gasteiger partial charge in [0.2, 0.25) is 5.91 Å². The molecule has 2 rings (SSSR count). The normalized spacial score (nSPS) is 15.0. The van der Waals surface area contributed by atoms with Crippen LogP contribution in [0.2, 0.25) is 0 Å². The highest BCUT2D eigenvalue weighted by Crippen LogP contribution is 2.09. The summed E-state index contributed by atoms with van der Waals surface area (Å²) >= 11 is 0. The summed E-state index contributed by atoms with van der Waals surface area (Å²) in [6.07, 6.45) is -0.258. The Labute approximate surface area is 108 Å². The molecular formula is C12H12FN3O3. The molecule has 0 saturated carbocycles. The number of rotatable bonds is 4. The SMILES string of the molecule is O=C(CC1C(=O)NNC1=O)NCc1ccccc1F. The van der Waals surface area contributed by atoms with Crippen LogP contribution < -0.4 is 16.2 Å². The average Bonchev–Trinajstić information content (AvgIpc) is 2.70. The predicted octanol–water partition coefficient (Wildman–Crippen LogP) is -0.391. The predicted molar refractivity (Wildman–Crippen MR) is 62.6 cm³/mol. The van der Waals surface area contributed by atoms with Crippen molar-refractivity contribution in [3.8, 4) is 0 Å². The van der Waals surface area contributed by atoms with E-state index in [0.29, 0.717) is 5.56 Å². The number of carbonyl (C=O) groups excluding carboxylic acids is 3. The first-order chi connectivity index (χ1) is 9.08. The fourth-order valence-electron chi connectivity index (χ4n) is 1.70. The first kappa shape index (κ1) is 13.0. The topological polar surface area (TPSA) is 87.3 Å². The van der Waals surface area contributed by atoms with Crippen molar-refractivity contribution >= 4 is 17.7 Å². The highest BCUT2D eigenvalue weighted by molar-refractivity contribution is 6.07. The molecule has 7 heteroatoms. The number of hydrogen-bond donors (Lipinski definition) is 3. The summed E-state index contributed by atoms with van der Waals surface area (Å²) in [4.78, 5) is 34.0. The van der Waals surface area contributed by atoms with Crippen molar-refractivity contribution in [3.05, 3.63) is 35.6 Å². The van der Waals surface area contributed by atoms with E-state index in [-0.39, 0.29) is 13.0 Å². The average molecular weight is 265 g/mol. The van der Waals surface area contributed by atoms with Crippen molar-refractivity contribution in [2.75, 3.05) is 0 Å². The quantitative estimate of drug-likeness (QED) is 0.648. The van der Waals surface area contributed by atoms with Gasteiger partial charge in [0.05, 0.1) is 0 Å². The summed E-state index contributed by atoms with van der Waals surface area (Å²) in [5.74, 6) is -3.00. The Morgan fingerprint density at radius 2 is 1.84 bits per heavy atom.